The normalized spacial score (nSPS) is 19.4. The van der Waals surface area contributed by atoms with Crippen LogP contribution in [-0.4, -0.2) is 78.5 Å². The summed E-state index contributed by atoms with van der Waals surface area (Å²) in [4.78, 5) is 35.2. The van der Waals surface area contributed by atoms with E-state index in [0.717, 1.165) is 25.7 Å². The molecular formula is C22H35N7O5S. The lowest BCUT2D eigenvalue weighted by Gasteiger charge is -2.35. The Bertz CT molecular complexity index is 1130. The van der Waals surface area contributed by atoms with Gasteiger partial charge in [0, 0.05) is 19.3 Å². The van der Waals surface area contributed by atoms with Crippen molar-refractivity contribution < 1.29 is 23.1 Å². The minimum absolute atomic E-state index is 0.124. The monoisotopic (exact) mass is 509 g/mol. The Kier molecular flexibility index (Phi) is 9.03. The van der Waals surface area contributed by atoms with Crippen LogP contribution in [0.3, 0.4) is 0 Å². The van der Waals surface area contributed by atoms with Crippen molar-refractivity contribution in [3.8, 4) is 0 Å². The second-order valence-corrected chi connectivity index (χ2v) is 11.0. The van der Waals surface area contributed by atoms with Gasteiger partial charge in [0.2, 0.25) is 10.0 Å². The minimum Gasteiger partial charge on any atom is -0.480 e. The highest BCUT2D eigenvalue weighted by Gasteiger charge is 2.29. The highest BCUT2D eigenvalue weighted by atomic mass is 32.2. The standard InChI is InChI=1S/C22H35N7O5S/c1-24-35(33,34)13-15-6-8-16(9-7-15)28(2)19-17-10-12-29(20(17)26-14-25-19)22(32)27-18(21(30)31)5-3-4-11-23/h10,12,14-16,18,24H,3-9,11,13,23H2,1-2H3,(H,27,32)(H,30,31). The molecule has 1 atom stereocenters. The maximum Gasteiger partial charge on any atom is 0.327 e. The number of nitrogens with zero attached hydrogens (tertiary/aromatic N) is 4. The molecule has 2 aromatic heterocycles. The lowest BCUT2D eigenvalue weighted by Crippen LogP contribution is -2.42. The molecule has 1 saturated carbocycles. The zero-order valence-electron chi connectivity index (χ0n) is 20.2. The molecule has 1 aliphatic carbocycles. The number of hydrogen-bond donors (Lipinski definition) is 4. The molecule has 0 aromatic carbocycles. The molecule has 0 radical (unpaired) electrons. The van der Waals surface area contributed by atoms with Crippen LogP contribution in [0.4, 0.5) is 10.6 Å². The van der Waals surface area contributed by atoms with E-state index < -0.39 is 28.1 Å². The molecule has 2 heterocycles. The Morgan fingerprint density at radius 3 is 2.60 bits per heavy atom. The van der Waals surface area contributed by atoms with E-state index in [1.54, 1.807) is 12.3 Å². The summed E-state index contributed by atoms with van der Waals surface area (Å²) >= 11 is 0. The fraction of sp³-hybridized carbons (Fsp3) is 0.636. The molecule has 0 bridgehead atoms. The van der Waals surface area contributed by atoms with E-state index in [-0.39, 0.29) is 17.7 Å². The molecule has 0 spiro atoms. The molecule has 1 unspecified atom stereocenters. The van der Waals surface area contributed by atoms with E-state index in [9.17, 15) is 23.1 Å². The van der Waals surface area contributed by atoms with Gasteiger partial charge in [-0.15, -0.1) is 0 Å². The Morgan fingerprint density at radius 2 is 1.97 bits per heavy atom. The quantitative estimate of drug-likeness (QED) is 0.324. The van der Waals surface area contributed by atoms with Crippen LogP contribution in [0.1, 0.15) is 44.9 Å². The summed E-state index contributed by atoms with van der Waals surface area (Å²) in [5.41, 5.74) is 5.87. The zero-order chi connectivity index (χ0) is 25.6. The van der Waals surface area contributed by atoms with Crippen molar-refractivity contribution in [2.75, 3.05) is 31.3 Å². The van der Waals surface area contributed by atoms with E-state index in [0.29, 0.717) is 42.7 Å². The predicted octanol–water partition coefficient (Wildman–Crippen LogP) is 1.12. The number of aromatic nitrogens is 3. The lowest BCUT2D eigenvalue weighted by atomic mass is 9.86. The number of nitrogens with two attached hydrogens (primary N) is 1. The van der Waals surface area contributed by atoms with E-state index in [2.05, 4.69) is 24.9 Å². The third kappa shape index (κ3) is 6.67. The average molecular weight is 510 g/mol. The number of hydrogen-bond acceptors (Lipinski definition) is 8. The largest absolute Gasteiger partial charge is 0.480 e. The van der Waals surface area contributed by atoms with E-state index >= 15 is 0 Å². The van der Waals surface area contributed by atoms with Crippen molar-refractivity contribution in [2.24, 2.45) is 11.7 Å². The molecule has 35 heavy (non-hydrogen) atoms. The predicted molar refractivity (Wildman–Crippen MR) is 133 cm³/mol. The molecule has 194 valence electrons. The van der Waals surface area contributed by atoms with Gasteiger partial charge >= 0.3 is 12.0 Å². The van der Waals surface area contributed by atoms with Crippen LogP contribution in [0.2, 0.25) is 0 Å². The number of sulfonamides is 1. The van der Waals surface area contributed by atoms with Gasteiger partial charge in [0.25, 0.3) is 0 Å². The first-order chi connectivity index (χ1) is 16.7. The summed E-state index contributed by atoms with van der Waals surface area (Å²) in [7, 11) is 0.141. The second-order valence-electron chi connectivity index (χ2n) is 9.02. The van der Waals surface area contributed by atoms with Gasteiger partial charge in [0.1, 0.15) is 18.2 Å². The Morgan fingerprint density at radius 1 is 1.26 bits per heavy atom. The molecule has 13 heteroatoms. The van der Waals surface area contributed by atoms with Gasteiger partial charge in [-0.05, 0) is 70.5 Å². The topological polar surface area (TPSA) is 173 Å². The van der Waals surface area contributed by atoms with Crippen LogP contribution in [0.15, 0.2) is 18.6 Å². The smallest absolute Gasteiger partial charge is 0.327 e. The number of unbranched alkanes of at least 4 members (excludes halogenated alkanes) is 1. The molecule has 1 aliphatic rings. The Labute approximate surface area is 205 Å². The first kappa shape index (κ1) is 26.8. The minimum atomic E-state index is -3.23. The van der Waals surface area contributed by atoms with Gasteiger partial charge in [0.05, 0.1) is 11.1 Å². The number of rotatable bonds is 11. The third-order valence-corrected chi connectivity index (χ3v) is 8.22. The van der Waals surface area contributed by atoms with Crippen molar-refractivity contribution in [1.29, 1.82) is 0 Å². The Balaban J connectivity index is 1.71. The van der Waals surface area contributed by atoms with E-state index in [1.165, 1.54) is 17.9 Å². The van der Waals surface area contributed by atoms with Crippen molar-refractivity contribution >= 4 is 38.9 Å². The number of carboxylic acids is 1. The number of nitrogens with one attached hydrogen (secondary N) is 2. The van der Waals surface area contributed by atoms with Crippen LogP contribution in [0.5, 0.6) is 0 Å². The molecule has 3 rings (SSSR count). The number of aliphatic carboxylic acids is 1. The zero-order valence-corrected chi connectivity index (χ0v) is 21.0. The fourth-order valence-electron chi connectivity index (χ4n) is 4.62. The maximum atomic E-state index is 12.9. The number of fused-ring (bicyclic) bond motifs is 1. The third-order valence-electron chi connectivity index (χ3n) is 6.69. The summed E-state index contributed by atoms with van der Waals surface area (Å²) in [5.74, 6) is -0.163. The van der Waals surface area contributed by atoms with E-state index in [4.69, 9.17) is 5.73 Å². The summed E-state index contributed by atoms with van der Waals surface area (Å²) in [5, 5.41) is 12.7. The van der Waals surface area contributed by atoms with Crippen LogP contribution < -0.4 is 20.7 Å². The number of carbonyl (C=O) groups is 2. The molecule has 1 amide bonds. The lowest BCUT2D eigenvalue weighted by molar-refractivity contribution is -0.139. The highest BCUT2D eigenvalue weighted by molar-refractivity contribution is 7.89. The van der Waals surface area contributed by atoms with Gasteiger partial charge < -0.3 is 21.1 Å². The van der Waals surface area contributed by atoms with Crippen LogP contribution in [-0.2, 0) is 14.8 Å². The number of carbonyl (C=O) groups excluding carboxylic acids is 1. The maximum absolute atomic E-state index is 12.9. The van der Waals surface area contributed by atoms with Crippen molar-refractivity contribution in [2.45, 2.75) is 57.0 Å². The molecule has 5 N–H and O–H groups in total. The highest BCUT2D eigenvalue weighted by Crippen LogP contribution is 2.32. The van der Waals surface area contributed by atoms with Crippen LogP contribution >= 0.6 is 0 Å². The van der Waals surface area contributed by atoms with Gasteiger partial charge in [-0.1, -0.05) is 0 Å². The molecule has 0 aliphatic heterocycles. The van der Waals surface area contributed by atoms with Crippen molar-refractivity contribution in [3.05, 3.63) is 18.6 Å². The molecule has 0 saturated heterocycles. The molecule has 1 fully saturated rings. The second kappa shape index (κ2) is 11.8. The van der Waals surface area contributed by atoms with Gasteiger partial charge in [0.15, 0.2) is 5.65 Å². The summed E-state index contributed by atoms with van der Waals surface area (Å²) < 4.78 is 27.4. The van der Waals surface area contributed by atoms with Crippen LogP contribution in [0.25, 0.3) is 11.0 Å². The molecule has 2 aromatic rings. The van der Waals surface area contributed by atoms with Crippen LogP contribution in [0, 0.1) is 5.92 Å². The molecular weight excluding hydrogens is 474 g/mol. The average Bonchev–Trinajstić information content (AvgIpc) is 3.27. The molecule has 12 nitrogen and oxygen atoms in total. The summed E-state index contributed by atoms with van der Waals surface area (Å²) in [6.07, 6.45) is 7.78. The van der Waals surface area contributed by atoms with E-state index in [1.807, 2.05) is 7.05 Å². The number of carboxylic acid groups (broad SMARTS) is 1. The fourth-order valence-corrected chi connectivity index (χ4v) is 5.74. The summed E-state index contributed by atoms with van der Waals surface area (Å²) in [6.45, 7) is 0.465. The SMILES string of the molecule is CNS(=O)(=O)CC1CCC(N(C)c2ncnc3c2ccn3C(=O)NC(CCCCN)C(=O)O)CC1. The summed E-state index contributed by atoms with van der Waals surface area (Å²) in [6, 6.07) is 0.338. The van der Waals surface area contributed by atoms with Crippen molar-refractivity contribution in [1.82, 2.24) is 24.6 Å². The first-order valence-electron chi connectivity index (χ1n) is 11.9. The van der Waals surface area contributed by atoms with Crippen molar-refractivity contribution in [3.63, 3.8) is 0 Å². The number of anilines is 1. The van der Waals surface area contributed by atoms with Gasteiger partial charge in [-0.3, -0.25) is 4.57 Å². The number of amides is 1. The first-order valence-corrected chi connectivity index (χ1v) is 13.5. The van der Waals surface area contributed by atoms with Gasteiger partial charge in [-0.25, -0.2) is 32.7 Å². The Hall–Kier alpha value is -2.77. The van der Waals surface area contributed by atoms with Gasteiger partial charge in [-0.2, -0.15) is 0 Å².